The van der Waals surface area contributed by atoms with Crippen LogP contribution in [0.1, 0.15) is 36.5 Å². The number of hydrogen-bond donors (Lipinski definition) is 1. The minimum absolute atomic E-state index is 0.255. The van der Waals surface area contributed by atoms with Gasteiger partial charge in [0.05, 0.1) is 17.9 Å². The fraction of sp³-hybridized carbons (Fsp3) is 0.286. The first-order chi connectivity index (χ1) is 13.1. The van der Waals surface area contributed by atoms with Crippen LogP contribution in [0.15, 0.2) is 48.0 Å². The standard InChI is InChI=1S/C21H20N2O3S/c1-2-21(9-10-21)13-26-18-8-7-14(11-22-18)17-12-27-19(23-17)15-5-3-4-6-16(15)20(24)25/h3-8,11-12H,2,9-10,13H2,1H3,(H,24,25). The lowest BCUT2D eigenvalue weighted by atomic mass is 10.1. The van der Waals surface area contributed by atoms with Crippen LogP contribution in [0.25, 0.3) is 21.8 Å². The first-order valence-electron chi connectivity index (χ1n) is 8.98. The van der Waals surface area contributed by atoms with Crippen LogP contribution in [0.4, 0.5) is 0 Å². The van der Waals surface area contributed by atoms with Crippen LogP contribution >= 0.6 is 11.3 Å². The maximum absolute atomic E-state index is 11.4. The van der Waals surface area contributed by atoms with E-state index >= 15 is 0 Å². The number of ether oxygens (including phenoxy) is 1. The van der Waals surface area contributed by atoms with Gasteiger partial charge in [0.1, 0.15) is 5.01 Å². The van der Waals surface area contributed by atoms with Gasteiger partial charge in [-0.15, -0.1) is 11.3 Å². The molecule has 0 bridgehead atoms. The number of benzene rings is 1. The van der Waals surface area contributed by atoms with E-state index in [1.54, 1.807) is 24.4 Å². The molecule has 1 aliphatic carbocycles. The SMILES string of the molecule is CCC1(COc2ccc(-c3csc(-c4ccccc4C(=O)O)n3)cn2)CC1. The van der Waals surface area contributed by atoms with Gasteiger partial charge in [0, 0.05) is 34.2 Å². The third-order valence-corrected chi connectivity index (χ3v) is 6.03. The Kier molecular flexibility index (Phi) is 4.66. The fourth-order valence-corrected chi connectivity index (χ4v) is 3.88. The zero-order valence-electron chi connectivity index (χ0n) is 15.0. The zero-order chi connectivity index (χ0) is 18.9. The Morgan fingerprint density at radius 1 is 1.26 bits per heavy atom. The largest absolute Gasteiger partial charge is 0.478 e. The summed E-state index contributed by atoms with van der Waals surface area (Å²) < 4.78 is 5.84. The highest BCUT2D eigenvalue weighted by Gasteiger charge is 2.41. The average Bonchev–Trinajstić information content (AvgIpc) is 3.32. The minimum atomic E-state index is -0.953. The Morgan fingerprint density at radius 3 is 2.74 bits per heavy atom. The maximum atomic E-state index is 11.4. The van der Waals surface area contributed by atoms with Gasteiger partial charge >= 0.3 is 5.97 Å². The fourth-order valence-electron chi connectivity index (χ4n) is 3.01. The summed E-state index contributed by atoms with van der Waals surface area (Å²) in [5.41, 5.74) is 2.91. The number of hydrogen-bond acceptors (Lipinski definition) is 5. The Balaban J connectivity index is 1.51. The molecular formula is C21H20N2O3S. The summed E-state index contributed by atoms with van der Waals surface area (Å²) in [6.07, 6.45) is 5.37. The first-order valence-corrected chi connectivity index (χ1v) is 9.86. The number of aromatic carboxylic acids is 1. The molecule has 0 unspecified atom stereocenters. The van der Waals surface area contributed by atoms with Gasteiger partial charge in [0.15, 0.2) is 0 Å². The van der Waals surface area contributed by atoms with Gasteiger partial charge < -0.3 is 9.84 Å². The molecule has 1 aromatic carbocycles. The lowest BCUT2D eigenvalue weighted by Gasteiger charge is -2.13. The number of carbonyl (C=O) groups is 1. The van der Waals surface area contributed by atoms with Crippen LogP contribution in [0.3, 0.4) is 0 Å². The minimum Gasteiger partial charge on any atom is -0.478 e. The lowest BCUT2D eigenvalue weighted by molar-refractivity contribution is 0.0697. The van der Waals surface area contributed by atoms with Crippen molar-refractivity contribution in [3.8, 4) is 27.7 Å². The van der Waals surface area contributed by atoms with E-state index in [0.717, 1.165) is 24.3 Å². The summed E-state index contributed by atoms with van der Waals surface area (Å²) in [6.45, 7) is 2.93. The van der Waals surface area contributed by atoms with Crippen molar-refractivity contribution in [2.75, 3.05) is 6.61 Å². The van der Waals surface area contributed by atoms with Crippen LogP contribution in [0, 0.1) is 5.41 Å². The van der Waals surface area contributed by atoms with Crippen molar-refractivity contribution in [2.24, 2.45) is 5.41 Å². The van der Waals surface area contributed by atoms with Crippen LogP contribution in [-0.2, 0) is 0 Å². The predicted octanol–water partition coefficient (Wildman–Crippen LogP) is 5.14. The topological polar surface area (TPSA) is 72.3 Å². The third-order valence-electron chi connectivity index (χ3n) is 5.16. The number of rotatable bonds is 7. The van der Waals surface area contributed by atoms with E-state index in [4.69, 9.17) is 4.74 Å². The number of aromatic nitrogens is 2. The quantitative estimate of drug-likeness (QED) is 0.614. The van der Waals surface area contributed by atoms with E-state index in [9.17, 15) is 9.90 Å². The molecule has 1 N–H and O–H groups in total. The predicted molar refractivity (Wildman–Crippen MR) is 105 cm³/mol. The number of nitrogens with zero attached hydrogens (tertiary/aromatic N) is 2. The molecule has 2 aromatic heterocycles. The van der Waals surface area contributed by atoms with Crippen molar-refractivity contribution in [2.45, 2.75) is 26.2 Å². The van der Waals surface area contributed by atoms with Crippen LogP contribution in [0.2, 0.25) is 0 Å². The van der Waals surface area contributed by atoms with Gasteiger partial charge in [-0.25, -0.2) is 14.8 Å². The van der Waals surface area contributed by atoms with Gasteiger partial charge in [0.2, 0.25) is 5.88 Å². The molecule has 1 aliphatic rings. The first kappa shape index (κ1) is 17.7. The maximum Gasteiger partial charge on any atom is 0.336 e. The summed E-state index contributed by atoms with van der Waals surface area (Å²) in [4.78, 5) is 20.4. The molecular weight excluding hydrogens is 360 g/mol. The summed E-state index contributed by atoms with van der Waals surface area (Å²) in [6, 6.07) is 10.7. The molecule has 0 radical (unpaired) electrons. The summed E-state index contributed by atoms with van der Waals surface area (Å²) >= 11 is 1.42. The highest BCUT2D eigenvalue weighted by Crippen LogP contribution is 2.48. The number of thiazole rings is 1. The molecule has 4 rings (SSSR count). The molecule has 5 nitrogen and oxygen atoms in total. The van der Waals surface area contributed by atoms with Crippen molar-refractivity contribution in [3.63, 3.8) is 0 Å². The van der Waals surface area contributed by atoms with Crippen molar-refractivity contribution >= 4 is 17.3 Å². The Labute approximate surface area is 161 Å². The second kappa shape index (κ2) is 7.12. The molecule has 6 heteroatoms. The molecule has 2 heterocycles. The third kappa shape index (κ3) is 3.71. The highest BCUT2D eigenvalue weighted by molar-refractivity contribution is 7.13. The van der Waals surface area contributed by atoms with E-state index in [1.807, 2.05) is 23.6 Å². The second-order valence-electron chi connectivity index (χ2n) is 6.92. The van der Waals surface area contributed by atoms with E-state index in [1.165, 1.54) is 24.2 Å². The molecule has 1 fully saturated rings. The Morgan fingerprint density at radius 2 is 2.07 bits per heavy atom. The number of carboxylic acid groups (broad SMARTS) is 1. The van der Waals surface area contributed by atoms with Gasteiger partial charge in [-0.1, -0.05) is 25.1 Å². The van der Waals surface area contributed by atoms with Gasteiger partial charge in [-0.2, -0.15) is 0 Å². The average molecular weight is 380 g/mol. The molecule has 27 heavy (non-hydrogen) atoms. The van der Waals surface area contributed by atoms with Crippen molar-refractivity contribution in [3.05, 3.63) is 53.5 Å². The normalized spacial score (nSPS) is 14.7. The smallest absolute Gasteiger partial charge is 0.336 e. The van der Waals surface area contributed by atoms with E-state index in [-0.39, 0.29) is 5.56 Å². The summed E-state index contributed by atoms with van der Waals surface area (Å²) in [5.74, 6) is -0.323. The number of carboxylic acids is 1. The highest BCUT2D eigenvalue weighted by atomic mass is 32.1. The van der Waals surface area contributed by atoms with Crippen molar-refractivity contribution in [1.82, 2.24) is 9.97 Å². The van der Waals surface area contributed by atoms with Gasteiger partial charge in [-0.3, -0.25) is 0 Å². The van der Waals surface area contributed by atoms with E-state index in [0.29, 0.717) is 21.9 Å². The molecule has 138 valence electrons. The monoisotopic (exact) mass is 380 g/mol. The molecule has 0 spiro atoms. The Bertz CT molecular complexity index is 962. The lowest BCUT2D eigenvalue weighted by Crippen LogP contribution is -2.12. The second-order valence-corrected chi connectivity index (χ2v) is 7.77. The number of pyridine rings is 1. The molecule has 0 saturated heterocycles. The van der Waals surface area contributed by atoms with Crippen LogP contribution in [0.5, 0.6) is 5.88 Å². The molecule has 0 aliphatic heterocycles. The van der Waals surface area contributed by atoms with Gasteiger partial charge in [-0.05, 0) is 31.4 Å². The van der Waals surface area contributed by atoms with Gasteiger partial charge in [0.25, 0.3) is 0 Å². The Hall–Kier alpha value is -2.73. The molecule has 3 aromatic rings. The van der Waals surface area contributed by atoms with Crippen LogP contribution in [-0.4, -0.2) is 27.7 Å². The summed E-state index contributed by atoms with van der Waals surface area (Å²) in [7, 11) is 0. The molecule has 0 atom stereocenters. The van der Waals surface area contributed by atoms with Crippen molar-refractivity contribution < 1.29 is 14.6 Å². The van der Waals surface area contributed by atoms with Crippen molar-refractivity contribution in [1.29, 1.82) is 0 Å². The molecule has 1 saturated carbocycles. The summed E-state index contributed by atoms with van der Waals surface area (Å²) in [5, 5.41) is 12.0. The van der Waals surface area contributed by atoms with E-state index < -0.39 is 5.97 Å². The van der Waals surface area contributed by atoms with E-state index in [2.05, 4.69) is 16.9 Å². The molecule has 0 amide bonds. The zero-order valence-corrected chi connectivity index (χ0v) is 15.8. The van der Waals surface area contributed by atoms with Crippen LogP contribution < -0.4 is 4.74 Å².